The number of amides is 1. The Balaban J connectivity index is 2.14. The van der Waals surface area contributed by atoms with E-state index in [9.17, 15) is 13.2 Å². The summed E-state index contributed by atoms with van der Waals surface area (Å²) in [5.41, 5.74) is 2.72. The lowest BCUT2D eigenvalue weighted by Gasteiger charge is -2.26. The molecular weight excluding hydrogens is 400 g/mol. The lowest BCUT2D eigenvalue weighted by atomic mass is 9.98. The molecule has 6 nitrogen and oxygen atoms in total. The molecule has 0 aromatic heterocycles. The van der Waals surface area contributed by atoms with Crippen LogP contribution in [0.25, 0.3) is 11.1 Å². The highest BCUT2D eigenvalue weighted by molar-refractivity contribution is 7.90. The van der Waals surface area contributed by atoms with Crippen molar-refractivity contribution in [2.45, 2.75) is 58.3 Å². The van der Waals surface area contributed by atoms with E-state index in [0.717, 1.165) is 23.1 Å². The average Bonchev–Trinajstić information content (AvgIpc) is 2.65. The van der Waals surface area contributed by atoms with Crippen molar-refractivity contribution in [3.63, 3.8) is 0 Å². The smallest absolute Gasteiger partial charge is 0.412 e. The summed E-state index contributed by atoms with van der Waals surface area (Å²) in [6, 6.07) is 14.9. The molecule has 7 heteroatoms. The first-order valence-electron chi connectivity index (χ1n) is 10.1. The van der Waals surface area contributed by atoms with Crippen LogP contribution in [0.1, 0.15) is 53.5 Å². The first-order valence-corrected chi connectivity index (χ1v) is 11.5. The minimum atomic E-state index is -3.48. The topological polar surface area (TPSA) is 84.5 Å². The van der Waals surface area contributed by atoms with Crippen LogP contribution in [-0.4, -0.2) is 26.7 Å². The highest BCUT2D eigenvalue weighted by atomic mass is 32.2. The van der Waals surface area contributed by atoms with Crippen molar-refractivity contribution in [3.05, 3.63) is 54.1 Å². The molecule has 0 radical (unpaired) electrons. The summed E-state index contributed by atoms with van der Waals surface area (Å²) < 4.78 is 32.1. The SMILES string of the molecule is CCCNS(=O)(=O)C(C)(C)c1ccc(-c2ccc(NC(=O)OC(C)(C)C)cc2)cc1. The third-order valence-electron chi connectivity index (χ3n) is 4.66. The number of ether oxygens (including phenoxy) is 1. The maximum Gasteiger partial charge on any atom is 0.412 e. The predicted molar refractivity (Wildman–Crippen MR) is 122 cm³/mol. The fourth-order valence-corrected chi connectivity index (χ4v) is 4.08. The number of sulfonamides is 1. The molecule has 0 saturated heterocycles. The van der Waals surface area contributed by atoms with E-state index in [2.05, 4.69) is 10.0 Å². The molecule has 2 rings (SSSR count). The van der Waals surface area contributed by atoms with Gasteiger partial charge in [-0.25, -0.2) is 17.9 Å². The van der Waals surface area contributed by atoms with Gasteiger partial charge in [0.05, 0.1) is 0 Å². The Labute approximate surface area is 180 Å². The fraction of sp³-hybridized carbons (Fsp3) is 0.435. The summed E-state index contributed by atoms with van der Waals surface area (Å²) in [6.45, 7) is 11.2. The Morgan fingerprint density at radius 1 is 0.900 bits per heavy atom. The zero-order chi connectivity index (χ0) is 22.6. The van der Waals surface area contributed by atoms with Gasteiger partial charge in [0, 0.05) is 12.2 Å². The highest BCUT2D eigenvalue weighted by Gasteiger charge is 2.35. The van der Waals surface area contributed by atoms with Crippen LogP contribution in [0, 0.1) is 0 Å². The normalized spacial score (nSPS) is 12.5. The second-order valence-electron chi connectivity index (χ2n) is 8.69. The summed E-state index contributed by atoms with van der Waals surface area (Å²) in [4.78, 5) is 11.9. The predicted octanol–water partition coefficient (Wildman–Crippen LogP) is 5.27. The number of hydrogen-bond donors (Lipinski definition) is 2. The van der Waals surface area contributed by atoms with Gasteiger partial charge >= 0.3 is 6.09 Å². The van der Waals surface area contributed by atoms with Crippen molar-refractivity contribution in [1.29, 1.82) is 0 Å². The maximum absolute atomic E-state index is 12.6. The lowest BCUT2D eigenvalue weighted by Crippen LogP contribution is -2.39. The van der Waals surface area contributed by atoms with Gasteiger partial charge < -0.3 is 4.74 Å². The van der Waals surface area contributed by atoms with E-state index in [0.29, 0.717) is 12.2 Å². The molecule has 0 aliphatic rings. The molecular formula is C23H32N2O4S. The van der Waals surface area contributed by atoms with Gasteiger partial charge in [-0.1, -0.05) is 43.3 Å². The number of anilines is 1. The van der Waals surface area contributed by atoms with Crippen molar-refractivity contribution in [2.75, 3.05) is 11.9 Å². The van der Waals surface area contributed by atoms with Crippen molar-refractivity contribution in [1.82, 2.24) is 4.72 Å². The maximum atomic E-state index is 12.6. The van der Waals surface area contributed by atoms with Gasteiger partial charge in [0.15, 0.2) is 0 Å². The van der Waals surface area contributed by atoms with Gasteiger partial charge in [-0.05, 0) is 69.9 Å². The van der Waals surface area contributed by atoms with Gasteiger partial charge in [0.1, 0.15) is 10.3 Å². The van der Waals surface area contributed by atoms with Gasteiger partial charge in [-0.15, -0.1) is 0 Å². The molecule has 2 aromatic rings. The van der Waals surface area contributed by atoms with Gasteiger partial charge in [-0.3, -0.25) is 5.32 Å². The van der Waals surface area contributed by atoms with Crippen LogP contribution in [-0.2, 0) is 19.5 Å². The van der Waals surface area contributed by atoms with Crippen molar-refractivity contribution in [3.8, 4) is 11.1 Å². The van der Waals surface area contributed by atoms with Crippen molar-refractivity contribution in [2.24, 2.45) is 0 Å². The molecule has 0 spiro atoms. The molecule has 0 atom stereocenters. The molecule has 0 aliphatic carbocycles. The average molecular weight is 433 g/mol. The van der Waals surface area contributed by atoms with E-state index in [4.69, 9.17) is 4.74 Å². The Hall–Kier alpha value is -2.38. The molecule has 2 N–H and O–H groups in total. The minimum absolute atomic E-state index is 0.424. The van der Waals surface area contributed by atoms with Crippen LogP contribution in [0.4, 0.5) is 10.5 Å². The zero-order valence-electron chi connectivity index (χ0n) is 18.6. The summed E-state index contributed by atoms with van der Waals surface area (Å²) in [5, 5.41) is 2.70. The summed E-state index contributed by atoms with van der Waals surface area (Å²) in [5.74, 6) is 0. The Kier molecular flexibility index (Phi) is 7.31. The van der Waals surface area contributed by atoms with Crippen LogP contribution < -0.4 is 10.0 Å². The van der Waals surface area contributed by atoms with Crippen LogP contribution in [0.3, 0.4) is 0 Å². The molecule has 0 aliphatic heterocycles. The molecule has 0 unspecified atom stereocenters. The van der Waals surface area contributed by atoms with E-state index in [1.165, 1.54) is 0 Å². The first-order chi connectivity index (χ1) is 13.9. The monoisotopic (exact) mass is 432 g/mol. The standard InChI is InChI=1S/C23H32N2O4S/c1-7-16-24-30(27,28)23(5,6)19-12-8-17(9-13-19)18-10-14-20(15-11-18)25-21(26)29-22(2,3)4/h8-15,24H,7,16H2,1-6H3,(H,25,26). The number of rotatable bonds is 7. The van der Waals surface area contributed by atoms with Crippen molar-refractivity contribution >= 4 is 21.8 Å². The van der Waals surface area contributed by atoms with Crippen LogP contribution in [0.15, 0.2) is 48.5 Å². The number of carbonyl (C=O) groups is 1. The third kappa shape index (κ3) is 6.06. The second-order valence-corrected chi connectivity index (χ2v) is 11.0. The number of carbonyl (C=O) groups excluding carboxylic acids is 1. The molecule has 0 bridgehead atoms. The summed E-state index contributed by atoms with van der Waals surface area (Å²) >= 11 is 0. The molecule has 1 amide bonds. The lowest BCUT2D eigenvalue weighted by molar-refractivity contribution is 0.0636. The summed E-state index contributed by atoms with van der Waals surface area (Å²) in [7, 11) is -3.48. The number of benzene rings is 2. The second kappa shape index (κ2) is 9.18. The van der Waals surface area contributed by atoms with Crippen LogP contribution in [0.2, 0.25) is 0 Å². The van der Waals surface area contributed by atoms with E-state index >= 15 is 0 Å². The van der Waals surface area contributed by atoms with E-state index in [-0.39, 0.29) is 0 Å². The van der Waals surface area contributed by atoms with Gasteiger partial charge in [0.2, 0.25) is 10.0 Å². The largest absolute Gasteiger partial charge is 0.444 e. The Morgan fingerprint density at radius 3 is 1.87 bits per heavy atom. The molecule has 0 saturated carbocycles. The van der Waals surface area contributed by atoms with Crippen molar-refractivity contribution < 1.29 is 17.9 Å². The van der Waals surface area contributed by atoms with E-state index in [1.807, 2.05) is 64.1 Å². The highest BCUT2D eigenvalue weighted by Crippen LogP contribution is 2.31. The number of hydrogen-bond acceptors (Lipinski definition) is 4. The zero-order valence-corrected chi connectivity index (χ0v) is 19.4. The molecule has 30 heavy (non-hydrogen) atoms. The fourth-order valence-electron chi connectivity index (χ4n) is 2.80. The van der Waals surface area contributed by atoms with E-state index < -0.39 is 26.5 Å². The van der Waals surface area contributed by atoms with Gasteiger partial charge in [0.25, 0.3) is 0 Å². The molecule has 0 heterocycles. The van der Waals surface area contributed by atoms with Crippen LogP contribution >= 0.6 is 0 Å². The Bertz CT molecular complexity index is 958. The third-order valence-corrected chi connectivity index (χ3v) is 6.82. The molecule has 164 valence electrons. The molecule has 2 aromatic carbocycles. The van der Waals surface area contributed by atoms with E-state index in [1.54, 1.807) is 26.0 Å². The first kappa shape index (κ1) is 23.9. The Morgan fingerprint density at radius 2 is 1.40 bits per heavy atom. The molecule has 0 fully saturated rings. The minimum Gasteiger partial charge on any atom is -0.444 e. The van der Waals surface area contributed by atoms with Crippen LogP contribution in [0.5, 0.6) is 0 Å². The summed E-state index contributed by atoms with van der Waals surface area (Å²) in [6.07, 6.45) is 0.243. The quantitative estimate of drug-likeness (QED) is 0.625. The number of nitrogens with one attached hydrogen (secondary N) is 2. The van der Waals surface area contributed by atoms with Gasteiger partial charge in [-0.2, -0.15) is 0 Å².